The van der Waals surface area contributed by atoms with Crippen molar-refractivity contribution in [3.8, 4) is 0 Å². The third-order valence-corrected chi connectivity index (χ3v) is 3.64. The topological polar surface area (TPSA) is 43.8 Å². The van der Waals surface area contributed by atoms with Gasteiger partial charge in [0.2, 0.25) is 0 Å². The van der Waals surface area contributed by atoms with Crippen molar-refractivity contribution >= 4 is 0 Å². The quantitative estimate of drug-likeness (QED) is 0.900. The smallest absolute Gasteiger partial charge is 0.0644 e. The Bertz CT molecular complexity index is 555. The van der Waals surface area contributed by atoms with Gasteiger partial charge in [-0.2, -0.15) is 5.10 Å². The number of hydrogen-bond donors (Lipinski definition) is 1. The molecule has 1 aromatic heterocycles. The van der Waals surface area contributed by atoms with E-state index < -0.39 is 0 Å². The number of hydrogen-bond acceptors (Lipinski definition) is 2. The van der Waals surface area contributed by atoms with Gasteiger partial charge in [-0.1, -0.05) is 24.3 Å². The Hall–Kier alpha value is -1.61. The first-order chi connectivity index (χ1) is 8.50. The normalized spacial score (nSPS) is 12.7. The Labute approximate surface area is 109 Å². The van der Waals surface area contributed by atoms with Crippen LogP contribution in [0, 0.1) is 20.8 Å². The minimum absolute atomic E-state index is 0.0137. The third-order valence-electron chi connectivity index (χ3n) is 3.64. The highest BCUT2D eigenvalue weighted by Crippen LogP contribution is 2.23. The van der Waals surface area contributed by atoms with Crippen LogP contribution in [0.3, 0.4) is 0 Å². The van der Waals surface area contributed by atoms with Gasteiger partial charge in [-0.15, -0.1) is 0 Å². The van der Waals surface area contributed by atoms with Gasteiger partial charge < -0.3 is 5.73 Å². The molecular weight excluding hydrogens is 222 g/mol. The van der Waals surface area contributed by atoms with Crippen LogP contribution in [-0.4, -0.2) is 9.78 Å². The molecule has 96 valence electrons. The fourth-order valence-corrected chi connectivity index (χ4v) is 2.50. The summed E-state index contributed by atoms with van der Waals surface area (Å²) in [6.07, 6.45) is 0.861. The van der Waals surface area contributed by atoms with Gasteiger partial charge >= 0.3 is 0 Å². The van der Waals surface area contributed by atoms with Gasteiger partial charge in [-0.05, 0) is 38.3 Å². The molecule has 2 rings (SSSR count). The van der Waals surface area contributed by atoms with Gasteiger partial charge in [-0.3, -0.25) is 4.68 Å². The fourth-order valence-electron chi connectivity index (χ4n) is 2.50. The van der Waals surface area contributed by atoms with Crippen molar-refractivity contribution in [2.24, 2.45) is 12.8 Å². The van der Waals surface area contributed by atoms with E-state index in [9.17, 15) is 0 Å². The Morgan fingerprint density at radius 2 is 1.89 bits per heavy atom. The van der Waals surface area contributed by atoms with Gasteiger partial charge in [0.15, 0.2) is 0 Å². The van der Waals surface area contributed by atoms with Crippen LogP contribution in [0.5, 0.6) is 0 Å². The second-order valence-electron chi connectivity index (χ2n) is 4.95. The van der Waals surface area contributed by atoms with Crippen LogP contribution < -0.4 is 5.73 Å². The summed E-state index contributed by atoms with van der Waals surface area (Å²) in [6.45, 7) is 6.23. The summed E-state index contributed by atoms with van der Waals surface area (Å²) in [6, 6.07) is 8.42. The standard InChI is InChI=1S/C15H21N3/c1-10-7-5-6-8-13(10)9-14(16)15-11(2)17-18(4)12(15)3/h5-8,14H,9,16H2,1-4H3. The second-order valence-corrected chi connectivity index (χ2v) is 4.95. The van der Waals surface area contributed by atoms with Crippen molar-refractivity contribution in [1.82, 2.24) is 9.78 Å². The summed E-state index contributed by atoms with van der Waals surface area (Å²) < 4.78 is 1.91. The zero-order chi connectivity index (χ0) is 13.3. The van der Waals surface area contributed by atoms with E-state index in [-0.39, 0.29) is 6.04 Å². The van der Waals surface area contributed by atoms with Crippen LogP contribution in [0.2, 0.25) is 0 Å². The molecule has 0 radical (unpaired) electrons. The maximum Gasteiger partial charge on any atom is 0.0644 e. The van der Waals surface area contributed by atoms with Crippen LogP contribution in [0.25, 0.3) is 0 Å². The highest BCUT2D eigenvalue weighted by Gasteiger charge is 2.17. The summed E-state index contributed by atoms with van der Waals surface area (Å²) in [5.41, 5.74) is 12.3. The zero-order valence-corrected chi connectivity index (χ0v) is 11.6. The largest absolute Gasteiger partial charge is 0.324 e. The molecule has 2 aromatic rings. The summed E-state index contributed by atoms with van der Waals surface area (Å²) in [5, 5.41) is 4.43. The van der Waals surface area contributed by atoms with E-state index in [1.165, 1.54) is 16.7 Å². The molecule has 18 heavy (non-hydrogen) atoms. The van der Waals surface area contributed by atoms with Crippen molar-refractivity contribution in [1.29, 1.82) is 0 Å². The lowest BCUT2D eigenvalue weighted by Gasteiger charge is -2.14. The number of aryl methyl sites for hydroxylation is 3. The van der Waals surface area contributed by atoms with E-state index in [1.54, 1.807) is 0 Å². The van der Waals surface area contributed by atoms with Crippen LogP contribution in [0.15, 0.2) is 24.3 Å². The monoisotopic (exact) mass is 243 g/mol. The summed E-state index contributed by atoms with van der Waals surface area (Å²) >= 11 is 0. The minimum Gasteiger partial charge on any atom is -0.324 e. The van der Waals surface area contributed by atoms with Gasteiger partial charge in [0, 0.05) is 24.3 Å². The number of nitrogens with zero attached hydrogens (tertiary/aromatic N) is 2. The molecule has 3 nitrogen and oxygen atoms in total. The first-order valence-corrected chi connectivity index (χ1v) is 6.31. The molecule has 0 saturated carbocycles. The van der Waals surface area contributed by atoms with Crippen LogP contribution in [0.1, 0.15) is 34.1 Å². The van der Waals surface area contributed by atoms with Gasteiger partial charge in [0.05, 0.1) is 5.69 Å². The lowest BCUT2D eigenvalue weighted by molar-refractivity contribution is 0.698. The number of aromatic nitrogens is 2. The zero-order valence-electron chi connectivity index (χ0n) is 11.6. The molecule has 1 aromatic carbocycles. The van der Waals surface area contributed by atoms with E-state index in [2.05, 4.69) is 43.2 Å². The predicted molar refractivity (Wildman–Crippen MR) is 74.5 cm³/mol. The average Bonchev–Trinajstić information content (AvgIpc) is 2.56. The molecule has 1 heterocycles. The van der Waals surface area contributed by atoms with E-state index in [1.807, 2.05) is 18.7 Å². The molecule has 0 saturated heterocycles. The predicted octanol–water partition coefficient (Wildman–Crippen LogP) is 2.59. The van der Waals surface area contributed by atoms with E-state index in [0.717, 1.165) is 17.8 Å². The van der Waals surface area contributed by atoms with Gasteiger partial charge in [0.1, 0.15) is 0 Å². The summed E-state index contributed by atoms with van der Waals surface area (Å²) in [5.74, 6) is 0. The number of rotatable bonds is 3. The van der Waals surface area contributed by atoms with Gasteiger partial charge in [0.25, 0.3) is 0 Å². The summed E-state index contributed by atoms with van der Waals surface area (Å²) in [4.78, 5) is 0. The average molecular weight is 243 g/mol. The van der Waals surface area contributed by atoms with Gasteiger partial charge in [-0.25, -0.2) is 0 Å². The van der Waals surface area contributed by atoms with E-state index in [0.29, 0.717) is 0 Å². The Morgan fingerprint density at radius 3 is 2.44 bits per heavy atom. The molecule has 0 aliphatic carbocycles. The fraction of sp³-hybridized carbons (Fsp3) is 0.400. The molecule has 0 fully saturated rings. The molecular formula is C15H21N3. The molecule has 1 atom stereocenters. The van der Waals surface area contributed by atoms with Crippen molar-refractivity contribution in [2.45, 2.75) is 33.2 Å². The van der Waals surface area contributed by atoms with Crippen LogP contribution in [0.4, 0.5) is 0 Å². The van der Waals surface area contributed by atoms with Crippen LogP contribution in [-0.2, 0) is 13.5 Å². The van der Waals surface area contributed by atoms with Crippen molar-refractivity contribution in [3.63, 3.8) is 0 Å². The Balaban J connectivity index is 2.28. The Morgan fingerprint density at radius 1 is 1.22 bits per heavy atom. The third kappa shape index (κ3) is 2.31. The lowest BCUT2D eigenvalue weighted by Crippen LogP contribution is -2.15. The SMILES string of the molecule is Cc1ccccc1CC(N)c1c(C)nn(C)c1C. The van der Waals surface area contributed by atoms with Crippen molar-refractivity contribution < 1.29 is 0 Å². The molecule has 0 bridgehead atoms. The number of benzene rings is 1. The highest BCUT2D eigenvalue weighted by atomic mass is 15.3. The molecule has 1 unspecified atom stereocenters. The molecule has 0 amide bonds. The Kier molecular flexibility index (Phi) is 3.53. The van der Waals surface area contributed by atoms with Crippen LogP contribution >= 0.6 is 0 Å². The highest BCUT2D eigenvalue weighted by molar-refractivity contribution is 5.32. The first kappa shape index (κ1) is 12.8. The second kappa shape index (κ2) is 4.94. The minimum atomic E-state index is 0.0137. The lowest BCUT2D eigenvalue weighted by atomic mass is 9.96. The maximum atomic E-state index is 6.36. The molecule has 0 spiro atoms. The molecule has 0 aliphatic rings. The molecule has 3 heteroatoms. The van der Waals surface area contributed by atoms with E-state index >= 15 is 0 Å². The molecule has 2 N–H and O–H groups in total. The van der Waals surface area contributed by atoms with Crippen molar-refractivity contribution in [3.05, 3.63) is 52.3 Å². The number of nitrogens with two attached hydrogens (primary N) is 1. The van der Waals surface area contributed by atoms with E-state index in [4.69, 9.17) is 5.73 Å². The maximum absolute atomic E-state index is 6.36. The van der Waals surface area contributed by atoms with Crippen molar-refractivity contribution in [2.75, 3.05) is 0 Å². The molecule has 0 aliphatic heterocycles. The first-order valence-electron chi connectivity index (χ1n) is 6.31. The summed E-state index contributed by atoms with van der Waals surface area (Å²) in [7, 11) is 1.96.